The van der Waals surface area contributed by atoms with Crippen molar-refractivity contribution in [3.63, 3.8) is 0 Å². The molecule has 0 aliphatic carbocycles. The number of hydrogen-bond acceptors (Lipinski definition) is 8. The highest BCUT2D eigenvalue weighted by atomic mass is 32.2. The van der Waals surface area contributed by atoms with E-state index in [0.29, 0.717) is 22.8 Å². The average molecular weight is 608 g/mol. The van der Waals surface area contributed by atoms with Gasteiger partial charge in [-0.2, -0.15) is 0 Å². The number of aliphatic hydroxyl groups is 1. The van der Waals surface area contributed by atoms with Crippen molar-refractivity contribution in [1.29, 1.82) is 0 Å². The second-order valence-electron chi connectivity index (χ2n) is 12.2. The molecule has 5 atom stereocenters. The number of anilines is 1. The molecule has 4 N–H and O–H groups in total. The smallest absolute Gasteiger partial charge is 0.412 e. The third-order valence-electron chi connectivity index (χ3n) is 7.98. The molecule has 2 aromatic rings. The van der Waals surface area contributed by atoms with Crippen molar-refractivity contribution in [2.24, 2.45) is 5.92 Å². The molecule has 43 heavy (non-hydrogen) atoms. The standard InChI is InChI=1S/C31H37N5O6S/c1-31(2,3)42-30(40)35-16-14-18(17-23(35)37)33-27(38)26-25-24-22(13-15-32-28(24)43-26)36(29(39)34-25)19-9-11-21(12-10-19)41-20-7-5-4-6-8-20/h4-12,18,22-24,28,32,37H,13-17H2,1-3H3,(H,33,38)(H,34,39)/t18-,22?,23-,24?,28?/m1/s1. The number of piperidine rings is 2. The zero-order valence-corrected chi connectivity index (χ0v) is 25.2. The molecule has 0 aromatic heterocycles. The monoisotopic (exact) mass is 607 g/mol. The number of hydrogen-bond donors (Lipinski definition) is 4. The Hall–Kier alpha value is -3.74. The fourth-order valence-corrected chi connectivity index (χ4v) is 7.48. The molecule has 11 nitrogen and oxygen atoms in total. The first-order chi connectivity index (χ1) is 20.6. The summed E-state index contributed by atoms with van der Waals surface area (Å²) in [5, 5.41) is 20.1. The summed E-state index contributed by atoms with van der Waals surface area (Å²) in [6.07, 6.45) is -0.229. The molecule has 3 saturated heterocycles. The van der Waals surface area contributed by atoms with Gasteiger partial charge in [-0.25, -0.2) is 9.59 Å². The first-order valence-electron chi connectivity index (χ1n) is 14.6. The van der Waals surface area contributed by atoms with Gasteiger partial charge in [0.1, 0.15) is 23.3 Å². The number of ether oxygens (including phenoxy) is 2. The lowest BCUT2D eigenvalue weighted by Gasteiger charge is -2.45. The van der Waals surface area contributed by atoms with Crippen molar-refractivity contribution in [1.82, 2.24) is 20.9 Å². The Bertz CT molecular complexity index is 1410. The number of amides is 4. The molecule has 4 aliphatic rings. The Morgan fingerprint density at radius 2 is 1.77 bits per heavy atom. The Kier molecular flexibility index (Phi) is 8.01. The van der Waals surface area contributed by atoms with E-state index < -0.39 is 17.9 Å². The van der Waals surface area contributed by atoms with E-state index in [2.05, 4.69) is 16.0 Å². The van der Waals surface area contributed by atoms with Gasteiger partial charge in [0.2, 0.25) is 0 Å². The van der Waals surface area contributed by atoms with Crippen LogP contribution < -0.4 is 25.6 Å². The molecule has 4 aliphatic heterocycles. The van der Waals surface area contributed by atoms with Crippen molar-refractivity contribution in [2.45, 2.75) is 69.3 Å². The number of nitrogens with zero attached hydrogens (tertiary/aromatic N) is 2. The van der Waals surface area contributed by atoms with Gasteiger partial charge in [-0.1, -0.05) is 30.0 Å². The van der Waals surface area contributed by atoms with Crippen LogP contribution in [0.3, 0.4) is 0 Å². The van der Waals surface area contributed by atoms with E-state index in [1.54, 1.807) is 25.7 Å². The molecule has 4 amide bonds. The van der Waals surface area contributed by atoms with Crippen LogP contribution in [-0.4, -0.2) is 70.4 Å². The summed E-state index contributed by atoms with van der Waals surface area (Å²) in [5.41, 5.74) is 0.733. The normalized spacial score (nSPS) is 26.9. The third-order valence-corrected chi connectivity index (χ3v) is 9.33. The number of aliphatic hydroxyl groups excluding tert-OH is 1. The van der Waals surface area contributed by atoms with E-state index in [-0.39, 0.29) is 48.3 Å². The summed E-state index contributed by atoms with van der Waals surface area (Å²) in [6.45, 7) is 6.30. The number of carbonyl (C=O) groups excluding carboxylic acids is 3. The van der Waals surface area contributed by atoms with Crippen molar-refractivity contribution in [3.05, 3.63) is 65.2 Å². The number of carbonyl (C=O) groups is 3. The Balaban J connectivity index is 1.14. The zero-order valence-electron chi connectivity index (χ0n) is 24.4. The maximum atomic E-state index is 13.5. The summed E-state index contributed by atoms with van der Waals surface area (Å²) in [7, 11) is 0. The van der Waals surface area contributed by atoms with Gasteiger partial charge in [-0.05, 0) is 76.6 Å². The number of benzene rings is 2. The third kappa shape index (κ3) is 6.17. The SMILES string of the molecule is CC(C)(C)OC(=O)N1CC[C@@H](NC(=O)C2=C3NC(=O)N(c4ccc(Oc5ccccc5)cc4)C4CCNC(S2)C34)C[C@H]1O. The van der Waals surface area contributed by atoms with Gasteiger partial charge in [-0.3, -0.25) is 14.6 Å². The molecule has 3 fully saturated rings. The Labute approximate surface area is 255 Å². The molecule has 0 spiro atoms. The van der Waals surface area contributed by atoms with Crippen molar-refractivity contribution in [3.8, 4) is 11.5 Å². The van der Waals surface area contributed by atoms with Gasteiger partial charge in [0.05, 0.1) is 16.3 Å². The highest BCUT2D eigenvalue weighted by Crippen LogP contribution is 2.48. The summed E-state index contributed by atoms with van der Waals surface area (Å²) in [6, 6.07) is 16.3. The van der Waals surface area contributed by atoms with Gasteiger partial charge < -0.3 is 30.5 Å². The highest BCUT2D eigenvalue weighted by molar-refractivity contribution is 8.04. The maximum absolute atomic E-state index is 13.5. The Morgan fingerprint density at radius 1 is 1.05 bits per heavy atom. The zero-order chi connectivity index (χ0) is 30.3. The van der Waals surface area contributed by atoms with Crippen LogP contribution in [0.4, 0.5) is 15.3 Å². The maximum Gasteiger partial charge on any atom is 0.412 e. The first-order valence-corrected chi connectivity index (χ1v) is 15.5. The minimum atomic E-state index is -1.07. The van der Waals surface area contributed by atoms with Gasteiger partial charge in [0.15, 0.2) is 0 Å². The number of thioether (sulfide) groups is 1. The van der Waals surface area contributed by atoms with Gasteiger partial charge in [0.25, 0.3) is 5.91 Å². The molecule has 12 heteroatoms. The molecule has 3 unspecified atom stereocenters. The van der Waals surface area contributed by atoms with Crippen molar-refractivity contribution < 1.29 is 29.0 Å². The first kappa shape index (κ1) is 29.3. The largest absolute Gasteiger partial charge is 0.457 e. The van der Waals surface area contributed by atoms with Crippen molar-refractivity contribution >= 4 is 35.5 Å². The number of likely N-dealkylation sites (tertiary alicyclic amines) is 1. The number of urea groups is 1. The Morgan fingerprint density at radius 3 is 2.47 bits per heavy atom. The van der Waals surface area contributed by atoms with Crippen LogP contribution in [0.25, 0.3) is 0 Å². The topological polar surface area (TPSA) is 132 Å². The van der Waals surface area contributed by atoms with Crippen LogP contribution in [0, 0.1) is 5.92 Å². The van der Waals surface area contributed by atoms with Gasteiger partial charge >= 0.3 is 12.1 Å². The molecule has 0 bridgehead atoms. The number of rotatable bonds is 5. The molecular weight excluding hydrogens is 570 g/mol. The molecule has 0 saturated carbocycles. The quantitative estimate of drug-likeness (QED) is 0.400. The van der Waals surface area contributed by atoms with Crippen molar-refractivity contribution in [2.75, 3.05) is 18.0 Å². The second kappa shape index (κ2) is 11.7. The minimum Gasteiger partial charge on any atom is -0.457 e. The number of para-hydroxylation sites is 1. The number of nitrogens with one attached hydrogen (secondary N) is 3. The van der Waals surface area contributed by atoms with Gasteiger partial charge in [-0.15, -0.1) is 0 Å². The van der Waals surface area contributed by atoms with Crippen LogP contribution in [0.2, 0.25) is 0 Å². The molecular formula is C31H37N5O6S. The summed E-state index contributed by atoms with van der Waals surface area (Å²) in [5.74, 6) is 1.04. The minimum absolute atomic E-state index is 0.0575. The predicted octanol–water partition coefficient (Wildman–Crippen LogP) is 4.11. The average Bonchev–Trinajstić information content (AvgIpc) is 3.33. The second-order valence-corrected chi connectivity index (χ2v) is 13.3. The molecule has 6 rings (SSSR count). The van der Waals surface area contributed by atoms with Crippen LogP contribution in [0.5, 0.6) is 11.5 Å². The fourth-order valence-electron chi connectivity index (χ4n) is 6.08. The van der Waals surface area contributed by atoms with Gasteiger partial charge in [0, 0.05) is 36.3 Å². The predicted molar refractivity (Wildman–Crippen MR) is 162 cm³/mol. The van der Waals surface area contributed by atoms with E-state index in [1.165, 1.54) is 16.7 Å². The van der Waals surface area contributed by atoms with E-state index in [0.717, 1.165) is 24.4 Å². The summed E-state index contributed by atoms with van der Waals surface area (Å²) >= 11 is 1.43. The highest BCUT2D eigenvalue weighted by Gasteiger charge is 2.52. The van der Waals surface area contributed by atoms with Crippen LogP contribution >= 0.6 is 11.8 Å². The van der Waals surface area contributed by atoms with Crippen LogP contribution in [0.15, 0.2) is 65.2 Å². The molecule has 0 radical (unpaired) electrons. The van der Waals surface area contributed by atoms with Crippen LogP contribution in [0.1, 0.15) is 40.0 Å². The van der Waals surface area contributed by atoms with E-state index in [1.807, 2.05) is 54.6 Å². The van der Waals surface area contributed by atoms with E-state index in [4.69, 9.17) is 9.47 Å². The molecule has 4 heterocycles. The van der Waals surface area contributed by atoms with E-state index in [9.17, 15) is 19.5 Å². The summed E-state index contributed by atoms with van der Waals surface area (Å²) < 4.78 is 11.3. The fraction of sp³-hybridized carbons (Fsp3) is 0.452. The summed E-state index contributed by atoms with van der Waals surface area (Å²) in [4.78, 5) is 43.1. The van der Waals surface area contributed by atoms with E-state index >= 15 is 0 Å². The molecule has 2 aromatic carbocycles. The lowest BCUT2D eigenvalue weighted by molar-refractivity contribution is -0.118. The van der Waals surface area contributed by atoms with Crippen LogP contribution in [-0.2, 0) is 9.53 Å². The lowest BCUT2D eigenvalue weighted by atomic mass is 9.86. The molecule has 228 valence electrons. The lowest BCUT2D eigenvalue weighted by Crippen LogP contribution is -2.62.